The molecule has 0 radical (unpaired) electrons. The summed E-state index contributed by atoms with van der Waals surface area (Å²) in [6, 6.07) is 8.39. The van der Waals surface area contributed by atoms with Crippen molar-refractivity contribution >= 4 is 11.3 Å². The lowest BCUT2D eigenvalue weighted by atomic mass is 10.1. The highest BCUT2D eigenvalue weighted by molar-refractivity contribution is 7.09. The lowest BCUT2D eigenvalue weighted by molar-refractivity contribution is 0.136. The summed E-state index contributed by atoms with van der Waals surface area (Å²) in [5.74, 6) is 0. The fourth-order valence-corrected chi connectivity index (χ4v) is 2.51. The van der Waals surface area contributed by atoms with Gasteiger partial charge in [-0.15, -0.1) is 11.3 Å². The number of ether oxygens (including phenoxy) is 1. The fourth-order valence-electron chi connectivity index (χ4n) is 1.61. The van der Waals surface area contributed by atoms with Crippen LogP contribution in [0.4, 0.5) is 0 Å². The molecule has 0 aliphatic rings. The number of benzene rings is 1. The van der Waals surface area contributed by atoms with Crippen LogP contribution in [0.15, 0.2) is 29.6 Å². The third kappa shape index (κ3) is 2.31. The molecular formula is C13H15NOS. The third-order valence-corrected chi connectivity index (χ3v) is 3.48. The molecule has 0 amide bonds. The first-order chi connectivity index (χ1) is 7.70. The van der Waals surface area contributed by atoms with Crippen LogP contribution >= 0.6 is 11.3 Å². The van der Waals surface area contributed by atoms with Crippen LogP contribution in [0.3, 0.4) is 0 Å². The highest BCUT2D eigenvalue weighted by Gasteiger charge is 2.16. The molecule has 3 heteroatoms. The number of thiazole rings is 1. The molecule has 1 heterocycles. The predicted molar refractivity (Wildman–Crippen MR) is 66.9 cm³/mol. The maximum absolute atomic E-state index is 5.52. The van der Waals surface area contributed by atoms with Crippen LogP contribution in [0.25, 0.3) is 0 Å². The van der Waals surface area contributed by atoms with Gasteiger partial charge in [-0.1, -0.05) is 29.8 Å². The van der Waals surface area contributed by atoms with Gasteiger partial charge in [0.2, 0.25) is 0 Å². The van der Waals surface area contributed by atoms with E-state index in [9.17, 15) is 0 Å². The van der Waals surface area contributed by atoms with Gasteiger partial charge in [-0.25, -0.2) is 4.98 Å². The van der Waals surface area contributed by atoms with Crippen molar-refractivity contribution in [2.45, 2.75) is 20.0 Å². The van der Waals surface area contributed by atoms with E-state index in [2.05, 4.69) is 41.6 Å². The van der Waals surface area contributed by atoms with Crippen LogP contribution < -0.4 is 0 Å². The Morgan fingerprint density at radius 2 is 1.88 bits per heavy atom. The minimum Gasteiger partial charge on any atom is -0.370 e. The molecule has 0 aliphatic heterocycles. The molecule has 16 heavy (non-hydrogen) atoms. The molecule has 84 valence electrons. The van der Waals surface area contributed by atoms with E-state index in [1.807, 2.05) is 6.92 Å². The maximum Gasteiger partial charge on any atom is 0.134 e. The van der Waals surface area contributed by atoms with Crippen molar-refractivity contribution in [2.24, 2.45) is 0 Å². The molecule has 0 spiro atoms. The summed E-state index contributed by atoms with van der Waals surface area (Å²) >= 11 is 1.65. The summed E-state index contributed by atoms with van der Waals surface area (Å²) in [4.78, 5) is 4.47. The molecule has 1 aromatic carbocycles. The standard InChI is InChI=1S/C13H15NOS/c1-9-4-6-11(7-5-9)12(15-3)13-14-10(2)8-16-13/h4-8,12H,1-3H3. The summed E-state index contributed by atoms with van der Waals surface area (Å²) in [6.07, 6.45) is -0.0423. The van der Waals surface area contributed by atoms with E-state index in [1.54, 1.807) is 18.4 Å². The molecule has 1 aromatic heterocycles. The van der Waals surface area contributed by atoms with E-state index in [-0.39, 0.29) is 6.10 Å². The topological polar surface area (TPSA) is 22.1 Å². The van der Waals surface area contributed by atoms with Crippen molar-refractivity contribution in [3.8, 4) is 0 Å². The second-order valence-electron chi connectivity index (χ2n) is 3.85. The maximum atomic E-state index is 5.52. The van der Waals surface area contributed by atoms with Gasteiger partial charge in [0.05, 0.1) is 0 Å². The number of methoxy groups -OCH3 is 1. The zero-order chi connectivity index (χ0) is 11.5. The summed E-state index contributed by atoms with van der Waals surface area (Å²) in [5, 5.41) is 3.07. The number of hydrogen-bond donors (Lipinski definition) is 0. The quantitative estimate of drug-likeness (QED) is 0.809. The highest BCUT2D eigenvalue weighted by Crippen LogP contribution is 2.27. The van der Waals surface area contributed by atoms with Gasteiger partial charge in [0, 0.05) is 18.2 Å². The number of aromatic nitrogens is 1. The minimum absolute atomic E-state index is 0.0423. The van der Waals surface area contributed by atoms with Crippen LogP contribution in [0.5, 0.6) is 0 Å². The van der Waals surface area contributed by atoms with Crippen LogP contribution in [0, 0.1) is 13.8 Å². The number of nitrogens with zero attached hydrogens (tertiary/aromatic N) is 1. The average molecular weight is 233 g/mol. The van der Waals surface area contributed by atoms with Crippen LogP contribution in [-0.2, 0) is 4.74 Å². The lowest BCUT2D eigenvalue weighted by Crippen LogP contribution is -2.03. The number of rotatable bonds is 3. The molecule has 0 saturated heterocycles. The molecule has 2 rings (SSSR count). The van der Waals surface area contributed by atoms with Crippen LogP contribution in [0.2, 0.25) is 0 Å². The van der Waals surface area contributed by atoms with Gasteiger partial charge in [-0.3, -0.25) is 0 Å². The van der Waals surface area contributed by atoms with Gasteiger partial charge in [0.25, 0.3) is 0 Å². The van der Waals surface area contributed by atoms with E-state index >= 15 is 0 Å². The number of aryl methyl sites for hydroxylation is 2. The Balaban J connectivity index is 2.32. The lowest BCUT2D eigenvalue weighted by Gasteiger charge is -2.13. The fraction of sp³-hybridized carbons (Fsp3) is 0.308. The van der Waals surface area contributed by atoms with E-state index in [4.69, 9.17) is 4.74 Å². The monoisotopic (exact) mass is 233 g/mol. The third-order valence-electron chi connectivity index (χ3n) is 2.48. The molecule has 0 bridgehead atoms. The van der Waals surface area contributed by atoms with Crippen LogP contribution in [-0.4, -0.2) is 12.1 Å². The first-order valence-corrected chi connectivity index (χ1v) is 6.10. The molecule has 2 nitrogen and oxygen atoms in total. The van der Waals surface area contributed by atoms with Crippen LogP contribution in [0.1, 0.15) is 27.9 Å². The Hall–Kier alpha value is -1.19. The highest BCUT2D eigenvalue weighted by atomic mass is 32.1. The molecular weight excluding hydrogens is 218 g/mol. The summed E-state index contributed by atoms with van der Waals surface area (Å²) in [5.41, 5.74) is 3.46. The summed E-state index contributed by atoms with van der Waals surface area (Å²) < 4.78 is 5.52. The van der Waals surface area contributed by atoms with Crippen molar-refractivity contribution in [1.82, 2.24) is 4.98 Å². The molecule has 0 fully saturated rings. The van der Waals surface area contributed by atoms with Crippen molar-refractivity contribution in [2.75, 3.05) is 7.11 Å². The second-order valence-corrected chi connectivity index (χ2v) is 4.74. The smallest absolute Gasteiger partial charge is 0.134 e. The first-order valence-electron chi connectivity index (χ1n) is 5.22. The molecule has 1 atom stereocenters. The van der Waals surface area contributed by atoms with E-state index in [0.29, 0.717) is 0 Å². The molecule has 2 aromatic rings. The number of hydrogen-bond acceptors (Lipinski definition) is 3. The minimum atomic E-state index is -0.0423. The van der Waals surface area contributed by atoms with Gasteiger partial charge < -0.3 is 4.74 Å². The Morgan fingerprint density at radius 3 is 2.38 bits per heavy atom. The molecule has 0 N–H and O–H groups in total. The van der Waals surface area contributed by atoms with Gasteiger partial charge in [0.1, 0.15) is 11.1 Å². The van der Waals surface area contributed by atoms with E-state index in [1.165, 1.54) is 5.56 Å². The van der Waals surface area contributed by atoms with Gasteiger partial charge in [0.15, 0.2) is 0 Å². The Morgan fingerprint density at radius 1 is 1.19 bits per heavy atom. The zero-order valence-corrected chi connectivity index (χ0v) is 10.5. The SMILES string of the molecule is COC(c1ccc(C)cc1)c1nc(C)cs1. The largest absolute Gasteiger partial charge is 0.370 e. The first kappa shape index (κ1) is 11.3. The summed E-state index contributed by atoms with van der Waals surface area (Å²) in [7, 11) is 1.72. The Labute approximate surface area is 99.9 Å². The second kappa shape index (κ2) is 4.76. The molecule has 0 saturated carbocycles. The van der Waals surface area contributed by atoms with Gasteiger partial charge >= 0.3 is 0 Å². The Kier molecular flexibility index (Phi) is 3.36. The van der Waals surface area contributed by atoms with Crippen molar-refractivity contribution in [1.29, 1.82) is 0 Å². The van der Waals surface area contributed by atoms with Crippen molar-refractivity contribution < 1.29 is 4.74 Å². The van der Waals surface area contributed by atoms with Gasteiger partial charge in [-0.05, 0) is 19.4 Å². The van der Waals surface area contributed by atoms with Gasteiger partial charge in [-0.2, -0.15) is 0 Å². The molecule has 0 aliphatic carbocycles. The van der Waals surface area contributed by atoms with Crippen molar-refractivity contribution in [3.05, 3.63) is 51.5 Å². The average Bonchev–Trinajstić information content (AvgIpc) is 2.69. The Bertz CT molecular complexity index is 461. The summed E-state index contributed by atoms with van der Waals surface area (Å²) in [6.45, 7) is 4.08. The zero-order valence-electron chi connectivity index (χ0n) is 9.73. The normalized spacial score (nSPS) is 12.7. The van der Waals surface area contributed by atoms with E-state index in [0.717, 1.165) is 16.3 Å². The van der Waals surface area contributed by atoms with E-state index < -0.39 is 0 Å². The predicted octanol–water partition coefficient (Wildman–Crippen LogP) is 3.50. The van der Waals surface area contributed by atoms with Crippen molar-refractivity contribution in [3.63, 3.8) is 0 Å². The molecule has 1 unspecified atom stereocenters.